The maximum atomic E-state index is 11.9. The number of terminal acetylenes is 1. The first-order chi connectivity index (χ1) is 12.3. The van der Waals surface area contributed by atoms with E-state index in [4.69, 9.17) is 11.2 Å². The van der Waals surface area contributed by atoms with Crippen molar-refractivity contribution in [1.29, 1.82) is 0 Å². The topological polar surface area (TPSA) is 55.0 Å². The van der Waals surface area contributed by atoms with Gasteiger partial charge in [0.2, 0.25) is 0 Å². The van der Waals surface area contributed by atoms with Crippen molar-refractivity contribution >= 4 is 27.8 Å². The number of nitrogens with zero attached hydrogens (tertiary/aromatic N) is 1. The number of ether oxygens (including phenoxy) is 1. The molecule has 4 aromatic rings. The van der Waals surface area contributed by atoms with Gasteiger partial charge in [0, 0.05) is 5.56 Å². The van der Waals surface area contributed by atoms with Crippen LogP contribution in [-0.2, 0) is 4.74 Å². The number of benzene rings is 3. The number of aromatic nitrogens is 2. The minimum Gasteiger partial charge on any atom is -0.449 e. The molecule has 0 spiro atoms. The summed E-state index contributed by atoms with van der Waals surface area (Å²) in [6.07, 6.45) is 5.12. The molecule has 4 heteroatoms. The summed E-state index contributed by atoms with van der Waals surface area (Å²) >= 11 is 0. The van der Waals surface area contributed by atoms with Gasteiger partial charge >= 0.3 is 5.97 Å². The smallest absolute Gasteiger partial charge is 0.339 e. The fourth-order valence-corrected chi connectivity index (χ4v) is 2.89. The number of carbonyl (C=O) groups excluding carboxylic acids is 1. The molecule has 0 saturated heterocycles. The van der Waals surface area contributed by atoms with Crippen LogP contribution in [0.25, 0.3) is 33.2 Å². The Bertz CT molecular complexity index is 1130. The SMILES string of the molecule is C#CCOC(=O)c1ccc2nc(-c3cccc4ccccc34)[nH]c2c1. The molecule has 0 saturated carbocycles. The molecule has 1 N–H and O–H groups in total. The van der Waals surface area contributed by atoms with Crippen LogP contribution in [0.2, 0.25) is 0 Å². The highest BCUT2D eigenvalue weighted by molar-refractivity contribution is 5.98. The predicted octanol–water partition coefficient (Wildman–Crippen LogP) is 4.17. The second-order valence-electron chi connectivity index (χ2n) is 5.62. The van der Waals surface area contributed by atoms with Gasteiger partial charge in [0.25, 0.3) is 0 Å². The third-order valence-corrected chi connectivity index (χ3v) is 4.05. The summed E-state index contributed by atoms with van der Waals surface area (Å²) in [7, 11) is 0. The summed E-state index contributed by atoms with van der Waals surface area (Å²) in [5.41, 5.74) is 3.02. The molecule has 0 unspecified atom stereocenters. The fourth-order valence-electron chi connectivity index (χ4n) is 2.89. The van der Waals surface area contributed by atoms with Crippen LogP contribution in [0.1, 0.15) is 10.4 Å². The van der Waals surface area contributed by atoms with Crippen LogP contribution in [-0.4, -0.2) is 22.5 Å². The van der Waals surface area contributed by atoms with E-state index in [9.17, 15) is 4.79 Å². The molecule has 0 atom stereocenters. The molecule has 0 aliphatic rings. The molecule has 4 rings (SSSR count). The Labute approximate surface area is 144 Å². The lowest BCUT2D eigenvalue weighted by molar-refractivity contribution is 0.0557. The van der Waals surface area contributed by atoms with Crippen molar-refractivity contribution in [1.82, 2.24) is 9.97 Å². The monoisotopic (exact) mass is 326 g/mol. The third-order valence-electron chi connectivity index (χ3n) is 4.05. The summed E-state index contributed by atoms with van der Waals surface area (Å²) < 4.78 is 4.97. The van der Waals surface area contributed by atoms with Gasteiger partial charge < -0.3 is 9.72 Å². The molecule has 0 aliphatic heterocycles. The van der Waals surface area contributed by atoms with Gasteiger partial charge in [-0.15, -0.1) is 6.42 Å². The normalized spacial score (nSPS) is 10.7. The van der Waals surface area contributed by atoms with E-state index in [0.29, 0.717) is 5.56 Å². The number of rotatable bonds is 3. The van der Waals surface area contributed by atoms with Gasteiger partial charge in [-0.1, -0.05) is 48.4 Å². The van der Waals surface area contributed by atoms with Gasteiger partial charge in [0.05, 0.1) is 16.6 Å². The number of hydrogen-bond acceptors (Lipinski definition) is 3. The molecule has 0 radical (unpaired) electrons. The van der Waals surface area contributed by atoms with Crippen LogP contribution in [0, 0.1) is 12.3 Å². The molecule has 0 fully saturated rings. The Hall–Kier alpha value is -3.58. The van der Waals surface area contributed by atoms with E-state index in [-0.39, 0.29) is 6.61 Å². The van der Waals surface area contributed by atoms with E-state index in [1.807, 2.05) is 24.3 Å². The number of hydrogen-bond donors (Lipinski definition) is 1. The second kappa shape index (κ2) is 6.14. The Morgan fingerprint density at radius 1 is 1.12 bits per heavy atom. The van der Waals surface area contributed by atoms with Crippen molar-refractivity contribution in [2.45, 2.75) is 0 Å². The van der Waals surface area contributed by atoms with E-state index >= 15 is 0 Å². The highest BCUT2D eigenvalue weighted by atomic mass is 16.5. The van der Waals surface area contributed by atoms with Crippen molar-refractivity contribution in [3.05, 3.63) is 66.2 Å². The Morgan fingerprint density at radius 2 is 1.96 bits per heavy atom. The van der Waals surface area contributed by atoms with E-state index in [0.717, 1.165) is 33.2 Å². The first kappa shape index (κ1) is 15.0. The minimum absolute atomic E-state index is 0.0406. The van der Waals surface area contributed by atoms with E-state index in [2.05, 4.69) is 34.1 Å². The molecule has 4 nitrogen and oxygen atoms in total. The number of carbonyl (C=O) groups is 1. The highest BCUT2D eigenvalue weighted by Gasteiger charge is 2.12. The summed E-state index contributed by atoms with van der Waals surface area (Å²) in [5.74, 6) is 2.61. The lowest BCUT2D eigenvalue weighted by atomic mass is 10.0. The number of H-pyrrole nitrogens is 1. The molecular formula is C21H14N2O2. The van der Waals surface area contributed by atoms with Crippen molar-refractivity contribution in [2.75, 3.05) is 6.61 Å². The first-order valence-electron chi connectivity index (χ1n) is 7.85. The van der Waals surface area contributed by atoms with Crippen LogP contribution in [0.3, 0.4) is 0 Å². The molecule has 0 amide bonds. The zero-order chi connectivity index (χ0) is 17.2. The van der Waals surface area contributed by atoms with Crippen LogP contribution in [0.5, 0.6) is 0 Å². The molecule has 25 heavy (non-hydrogen) atoms. The van der Waals surface area contributed by atoms with Gasteiger partial charge in [-0.25, -0.2) is 9.78 Å². The highest BCUT2D eigenvalue weighted by Crippen LogP contribution is 2.28. The summed E-state index contributed by atoms with van der Waals surface area (Å²) in [5, 5.41) is 2.27. The zero-order valence-corrected chi connectivity index (χ0v) is 13.3. The lowest BCUT2D eigenvalue weighted by Gasteiger charge is -2.03. The van der Waals surface area contributed by atoms with Crippen LogP contribution >= 0.6 is 0 Å². The molecule has 3 aromatic carbocycles. The molecule has 120 valence electrons. The van der Waals surface area contributed by atoms with Gasteiger partial charge in [-0.05, 0) is 29.0 Å². The quantitative estimate of drug-likeness (QED) is 0.454. The molecule has 1 aromatic heterocycles. The second-order valence-corrected chi connectivity index (χ2v) is 5.62. The molecule has 1 heterocycles. The maximum Gasteiger partial charge on any atom is 0.339 e. The van der Waals surface area contributed by atoms with Crippen molar-refractivity contribution < 1.29 is 9.53 Å². The van der Waals surface area contributed by atoms with Crippen molar-refractivity contribution in [2.24, 2.45) is 0 Å². The van der Waals surface area contributed by atoms with Crippen LogP contribution in [0.4, 0.5) is 0 Å². The number of nitrogens with one attached hydrogen (secondary N) is 1. The van der Waals surface area contributed by atoms with Gasteiger partial charge in [-0.2, -0.15) is 0 Å². The Morgan fingerprint density at radius 3 is 2.84 bits per heavy atom. The Balaban J connectivity index is 1.79. The predicted molar refractivity (Wildman–Crippen MR) is 98.2 cm³/mol. The van der Waals surface area contributed by atoms with E-state index < -0.39 is 5.97 Å². The third kappa shape index (κ3) is 2.73. The van der Waals surface area contributed by atoms with Gasteiger partial charge in [0.15, 0.2) is 6.61 Å². The number of imidazole rings is 1. The maximum absolute atomic E-state index is 11.9. The number of aromatic amines is 1. The average molecular weight is 326 g/mol. The van der Waals surface area contributed by atoms with Gasteiger partial charge in [-0.3, -0.25) is 0 Å². The van der Waals surface area contributed by atoms with Crippen molar-refractivity contribution in [3.8, 4) is 23.7 Å². The number of esters is 1. The average Bonchev–Trinajstić information content (AvgIpc) is 3.08. The fraction of sp³-hybridized carbons (Fsp3) is 0.0476. The standard InChI is InChI=1S/C21H14N2O2/c1-2-12-25-21(24)15-10-11-18-19(13-15)23-20(22-18)17-9-5-7-14-6-3-4-8-16(14)17/h1,3-11,13H,12H2,(H,22,23). The summed E-state index contributed by atoms with van der Waals surface area (Å²) in [4.78, 5) is 19.9. The molecular weight excluding hydrogens is 312 g/mol. The molecule has 0 aliphatic carbocycles. The largest absolute Gasteiger partial charge is 0.449 e. The molecule has 0 bridgehead atoms. The van der Waals surface area contributed by atoms with E-state index in [1.165, 1.54) is 0 Å². The lowest BCUT2D eigenvalue weighted by Crippen LogP contribution is -2.04. The summed E-state index contributed by atoms with van der Waals surface area (Å²) in [6.45, 7) is -0.0406. The Kier molecular flexibility index (Phi) is 3.68. The number of fused-ring (bicyclic) bond motifs is 2. The zero-order valence-electron chi connectivity index (χ0n) is 13.3. The van der Waals surface area contributed by atoms with Gasteiger partial charge in [0.1, 0.15) is 5.82 Å². The minimum atomic E-state index is -0.443. The van der Waals surface area contributed by atoms with Crippen molar-refractivity contribution in [3.63, 3.8) is 0 Å². The van der Waals surface area contributed by atoms with E-state index in [1.54, 1.807) is 18.2 Å². The van der Waals surface area contributed by atoms with Crippen LogP contribution in [0.15, 0.2) is 60.7 Å². The summed E-state index contributed by atoms with van der Waals surface area (Å²) in [6, 6.07) is 19.5. The van der Waals surface area contributed by atoms with Crippen LogP contribution < -0.4 is 0 Å². The first-order valence-corrected chi connectivity index (χ1v) is 7.85.